The number of hydrogen-bond acceptors (Lipinski definition) is 4. The fourth-order valence-corrected chi connectivity index (χ4v) is 3.69. The number of benzene rings is 1. The van der Waals surface area contributed by atoms with E-state index in [1.807, 2.05) is 43.3 Å². The first kappa shape index (κ1) is 24.4. The molecule has 1 saturated heterocycles. The first-order valence-electron chi connectivity index (χ1n) is 9.72. The molecule has 1 aromatic carbocycles. The Morgan fingerprint density at radius 3 is 2.25 bits per heavy atom. The number of hydrogen-bond donors (Lipinski definition) is 2. The van der Waals surface area contributed by atoms with Gasteiger partial charge in [-0.15, -0.1) is 12.4 Å². The second kappa shape index (κ2) is 10.8. The van der Waals surface area contributed by atoms with Crippen molar-refractivity contribution in [3.63, 3.8) is 0 Å². The van der Waals surface area contributed by atoms with Crippen LogP contribution in [0.2, 0.25) is 0 Å². The molecule has 0 unspecified atom stereocenters. The van der Waals surface area contributed by atoms with Gasteiger partial charge in [0, 0.05) is 44.2 Å². The Morgan fingerprint density at radius 1 is 1.18 bits per heavy atom. The molecule has 7 heteroatoms. The number of carbonyl (C=O) groups excluding carboxylic acids is 2. The summed E-state index contributed by atoms with van der Waals surface area (Å²) in [6.45, 7) is 7.61. The van der Waals surface area contributed by atoms with Crippen LogP contribution in [0.1, 0.15) is 42.6 Å². The van der Waals surface area contributed by atoms with Crippen molar-refractivity contribution in [3.05, 3.63) is 35.4 Å². The molecular weight excluding hydrogens is 376 g/mol. The highest BCUT2D eigenvalue weighted by molar-refractivity contribution is 5.94. The number of likely N-dealkylation sites (tertiary alicyclic amines) is 1. The Morgan fingerprint density at radius 2 is 1.75 bits per heavy atom. The zero-order valence-corrected chi connectivity index (χ0v) is 18.3. The summed E-state index contributed by atoms with van der Waals surface area (Å²) < 4.78 is 0. The zero-order chi connectivity index (χ0) is 20.0. The second-order valence-corrected chi connectivity index (χ2v) is 8.59. The lowest BCUT2D eigenvalue weighted by Crippen LogP contribution is -2.46. The molecule has 2 rings (SSSR count). The van der Waals surface area contributed by atoms with Crippen molar-refractivity contribution in [3.8, 4) is 0 Å². The van der Waals surface area contributed by atoms with Crippen molar-refractivity contribution in [2.45, 2.75) is 33.2 Å². The zero-order valence-electron chi connectivity index (χ0n) is 17.5. The lowest BCUT2D eigenvalue weighted by molar-refractivity contribution is -0.126. The number of nitrogens with one attached hydrogen (secondary N) is 1. The summed E-state index contributed by atoms with van der Waals surface area (Å²) in [6, 6.07) is 7.44. The van der Waals surface area contributed by atoms with Crippen LogP contribution in [-0.2, 0) is 11.3 Å². The van der Waals surface area contributed by atoms with Crippen molar-refractivity contribution >= 4 is 24.2 Å². The summed E-state index contributed by atoms with van der Waals surface area (Å²) >= 11 is 0. The van der Waals surface area contributed by atoms with Gasteiger partial charge in [-0.25, -0.2) is 0 Å². The third kappa shape index (κ3) is 7.08. The van der Waals surface area contributed by atoms with E-state index in [2.05, 4.69) is 24.1 Å². The van der Waals surface area contributed by atoms with E-state index in [0.717, 1.165) is 12.1 Å². The van der Waals surface area contributed by atoms with Crippen molar-refractivity contribution in [1.29, 1.82) is 0 Å². The standard InChI is InChI=1S/C21H34N4O2.ClH/c1-21(2,15-24(3)4)14-23-19(26)17-9-11-25(12-10-17)20(27)18-7-5-16(13-22)6-8-18;/h5-8,17H,9-15,22H2,1-4H3,(H,23,26);1H. The summed E-state index contributed by atoms with van der Waals surface area (Å²) in [5.41, 5.74) is 7.33. The summed E-state index contributed by atoms with van der Waals surface area (Å²) in [7, 11) is 4.08. The van der Waals surface area contributed by atoms with Crippen molar-refractivity contribution < 1.29 is 9.59 Å². The fraction of sp³-hybridized carbons (Fsp3) is 0.619. The SMILES string of the molecule is CN(C)CC(C)(C)CNC(=O)C1CCN(C(=O)c2ccc(CN)cc2)CC1.Cl. The summed E-state index contributed by atoms with van der Waals surface area (Å²) in [5, 5.41) is 3.11. The van der Waals surface area contributed by atoms with E-state index in [9.17, 15) is 9.59 Å². The lowest BCUT2D eigenvalue weighted by atomic mass is 9.91. The van der Waals surface area contributed by atoms with Crippen LogP contribution in [0.15, 0.2) is 24.3 Å². The molecule has 158 valence electrons. The molecular formula is C21H35ClN4O2. The maximum atomic E-state index is 12.6. The minimum atomic E-state index is -0.0103. The highest BCUT2D eigenvalue weighted by Gasteiger charge is 2.29. The van der Waals surface area contributed by atoms with Crippen molar-refractivity contribution in [2.24, 2.45) is 17.1 Å². The van der Waals surface area contributed by atoms with E-state index in [4.69, 9.17) is 5.73 Å². The molecule has 6 nitrogen and oxygen atoms in total. The molecule has 3 N–H and O–H groups in total. The van der Waals surface area contributed by atoms with E-state index < -0.39 is 0 Å². The van der Waals surface area contributed by atoms with Crippen LogP contribution >= 0.6 is 12.4 Å². The maximum Gasteiger partial charge on any atom is 0.253 e. The highest BCUT2D eigenvalue weighted by Crippen LogP contribution is 2.21. The van der Waals surface area contributed by atoms with Gasteiger partial charge in [0.15, 0.2) is 0 Å². The van der Waals surface area contributed by atoms with Crippen LogP contribution in [0.5, 0.6) is 0 Å². The molecule has 1 aromatic rings. The summed E-state index contributed by atoms with van der Waals surface area (Å²) in [5.74, 6) is 0.134. The smallest absolute Gasteiger partial charge is 0.253 e. The van der Waals surface area contributed by atoms with E-state index in [1.54, 1.807) is 0 Å². The second-order valence-electron chi connectivity index (χ2n) is 8.59. The van der Waals surface area contributed by atoms with E-state index >= 15 is 0 Å². The monoisotopic (exact) mass is 410 g/mol. The number of carbonyl (C=O) groups is 2. The number of halogens is 1. The molecule has 1 heterocycles. The van der Waals surface area contributed by atoms with Gasteiger partial charge in [-0.1, -0.05) is 26.0 Å². The van der Waals surface area contributed by atoms with E-state index in [1.165, 1.54) is 0 Å². The lowest BCUT2D eigenvalue weighted by Gasteiger charge is -2.33. The minimum Gasteiger partial charge on any atom is -0.355 e. The van der Waals surface area contributed by atoms with E-state index in [-0.39, 0.29) is 35.6 Å². The summed E-state index contributed by atoms with van der Waals surface area (Å²) in [6.07, 6.45) is 1.43. The number of nitrogens with two attached hydrogens (primary N) is 1. The van der Waals surface area contributed by atoms with Crippen LogP contribution in [0.25, 0.3) is 0 Å². The molecule has 0 atom stereocenters. The number of piperidine rings is 1. The van der Waals surface area contributed by atoms with Crippen LogP contribution in [0, 0.1) is 11.3 Å². The quantitative estimate of drug-likeness (QED) is 0.721. The summed E-state index contributed by atoms with van der Waals surface area (Å²) in [4.78, 5) is 29.1. The largest absolute Gasteiger partial charge is 0.355 e. The molecule has 0 saturated carbocycles. The Kier molecular flexibility index (Phi) is 9.40. The average molecular weight is 411 g/mol. The van der Waals surface area contributed by atoms with Gasteiger partial charge in [0.05, 0.1) is 0 Å². The van der Waals surface area contributed by atoms with Gasteiger partial charge in [0.25, 0.3) is 5.91 Å². The van der Waals surface area contributed by atoms with Crippen LogP contribution in [0.4, 0.5) is 0 Å². The molecule has 1 aliphatic heterocycles. The average Bonchev–Trinajstić information content (AvgIpc) is 2.65. The molecule has 1 aliphatic rings. The predicted octanol–water partition coefficient (Wildman–Crippen LogP) is 2.12. The molecule has 0 aromatic heterocycles. The number of rotatable bonds is 7. The van der Waals surface area contributed by atoms with Crippen LogP contribution in [0.3, 0.4) is 0 Å². The predicted molar refractivity (Wildman–Crippen MR) is 116 cm³/mol. The Balaban J connectivity index is 0.00000392. The third-order valence-corrected chi connectivity index (χ3v) is 5.07. The van der Waals surface area contributed by atoms with Gasteiger partial charge in [-0.2, -0.15) is 0 Å². The number of amides is 2. The van der Waals surface area contributed by atoms with Crippen LogP contribution < -0.4 is 11.1 Å². The van der Waals surface area contributed by atoms with Gasteiger partial charge in [-0.05, 0) is 50.0 Å². The first-order chi connectivity index (χ1) is 12.7. The molecule has 0 aliphatic carbocycles. The molecule has 0 spiro atoms. The van der Waals surface area contributed by atoms with Gasteiger partial charge < -0.3 is 20.9 Å². The first-order valence-corrected chi connectivity index (χ1v) is 9.72. The van der Waals surface area contributed by atoms with Crippen LogP contribution in [-0.4, -0.2) is 61.9 Å². The Labute approximate surface area is 175 Å². The molecule has 0 radical (unpaired) electrons. The topological polar surface area (TPSA) is 78.7 Å². The van der Waals surface area contributed by atoms with Gasteiger partial charge in [0.2, 0.25) is 5.91 Å². The molecule has 28 heavy (non-hydrogen) atoms. The fourth-order valence-electron chi connectivity index (χ4n) is 3.69. The van der Waals surface area contributed by atoms with Gasteiger partial charge >= 0.3 is 0 Å². The highest BCUT2D eigenvalue weighted by atomic mass is 35.5. The molecule has 2 amide bonds. The van der Waals surface area contributed by atoms with Gasteiger partial charge in [-0.3, -0.25) is 9.59 Å². The third-order valence-electron chi connectivity index (χ3n) is 5.07. The maximum absolute atomic E-state index is 12.6. The van der Waals surface area contributed by atoms with Crippen molar-refractivity contribution in [1.82, 2.24) is 15.1 Å². The molecule has 1 fully saturated rings. The Hall–Kier alpha value is -1.63. The van der Waals surface area contributed by atoms with Crippen molar-refractivity contribution in [2.75, 3.05) is 40.3 Å². The van der Waals surface area contributed by atoms with E-state index in [0.29, 0.717) is 44.6 Å². The number of nitrogens with zero attached hydrogens (tertiary/aromatic N) is 2. The van der Waals surface area contributed by atoms with Gasteiger partial charge in [0.1, 0.15) is 0 Å². The normalized spacial score (nSPS) is 15.3. The Bertz CT molecular complexity index is 638. The minimum absolute atomic E-state index is 0. The molecule has 0 bridgehead atoms.